The minimum absolute atomic E-state index is 0.355. The van der Waals surface area contributed by atoms with Crippen LogP contribution in [0.1, 0.15) is 39.3 Å². The highest BCUT2D eigenvalue weighted by Gasteiger charge is 2.30. The molecule has 1 saturated heterocycles. The number of aromatic nitrogens is 2. The number of hydrazone groups is 1. The Morgan fingerprint density at radius 3 is 2.71 bits per heavy atom. The number of fused-ring (bicyclic) bond motifs is 1. The summed E-state index contributed by atoms with van der Waals surface area (Å²) in [5, 5.41) is 15.0. The van der Waals surface area contributed by atoms with Crippen molar-refractivity contribution in [3.05, 3.63) is 57.9 Å². The van der Waals surface area contributed by atoms with Crippen LogP contribution in [-0.4, -0.2) is 57.5 Å². The topological polar surface area (TPSA) is 94.0 Å². The number of rotatable bonds is 6. The molecule has 184 valence electrons. The highest BCUT2D eigenvalue weighted by atomic mass is 127. The largest absolute Gasteiger partial charge is 0.465 e. The van der Waals surface area contributed by atoms with Crippen LogP contribution >= 0.6 is 22.6 Å². The van der Waals surface area contributed by atoms with Crippen LogP contribution in [0, 0.1) is 9.49 Å². The Kier molecular flexibility index (Phi) is 7.73. The van der Waals surface area contributed by atoms with E-state index in [0.29, 0.717) is 18.3 Å². The third-order valence-corrected chi connectivity index (χ3v) is 6.93. The normalized spacial score (nSPS) is 15.0. The van der Waals surface area contributed by atoms with Crippen molar-refractivity contribution in [3.63, 3.8) is 0 Å². The van der Waals surface area contributed by atoms with E-state index in [1.165, 1.54) is 0 Å². The fourth-order valence-electron chi connectivity index (χ4n) is 4.36. The number of para-hydroxylation sites is 1. The van der Waals surface area contributed by atoms with Crippen molar-refractivity contribution >= 4 is 57.3 Å². The number of halogens is 1. The number of anilines is 2. The van der Waals surface area contributed by atoms with Gasteiger partial charge in [0.2, 0.25) is 0 Å². The molecule has 1 aliphatic heterocycles. The molecule has 2 N–H and O–H groups in total. The number of piperidine rings is 1. The average Bonchev–Trinajstić information content (AvgIpc) is 2.82. The third-order valence-electron chi connectivity index (χ3n) is 6.26. The third kappa shape index (κ3) is 6.39. The smallest absolute Gasteiger partial charge is 0.407 e. The fraction of sp³-hybridized carbons (Fsp3) is 0.385. The van der Waals surface area contributed by atoms with Crippen molar-refractivity contribution in [2.45, 2.75) is 39.2 Å². The van der Waals surface area contributed by atoms with Crippen LogP contribution in [0.2, 0.25) is 0 Å². The molecule has 0 aliphatic carbocycles. The van der Waals surface area contributed by atoms with Gasteiger partial charge in [-0.3, -0.25) is 5.43 Å². The summed E-state index contributed by atoms with van der Waals surface area (Å²) in [6.07, 6.45) is 4.50. The highest BCUT2D eigenvalue weighted by molar-refractivity contribution is 14.1. The molecule has 0 saturated carbocycles. The zero-order valence-electron chi connectivity index (χ0n) is 20.3. The zero-order chi connectivity index (χ0) is 25.0. The standard InChI is InChI=1S/C26H31IN6O2/c1-26(2,3)33(25(34)35)17-18-10-13-32(14-11-18)22-6-4-5-19-7-8-21(30-24(19)22)16-29-31-23-15-20(27)9-12-28-23/h4-9,12,15-16,18H,10-11,13-14,17H2,1-3H3,(H,28,31)(H,34,35). The van der Waals surface area contributed by atoms with Crippen LogP contribution in [0.15, 0.2) is 53.8 Å². The lowest BCUT2D eigenvalue weighted by molar-refractivity contribution is 0.0852. The van der Waals surface area contributed by atoms with Crippen LogP contribution < -0.4 is 10.3 Å². The second kappa shape index (κ2) is 10.8. The molecule has 1 aromatic carbocycles. The van der Waals surface area contributed by atoms with E-state index in [1.54, 1.807) is 17.3 Å². The first kappa shape index (κ1) is 25.2. The maximum Gasteiger partial charge on any atom is 0.407 e. The molecule has 0 radical (unpaired) electrons. The SMILES string of the molecule is CC(C)(C)N(CC1CCN(c2cccc3ccc(C=NNc4cc(I)ccn4)nc23)CC1)C(=O)O. The Balaban J connectivity index is 1.46. The van der Waals surface area contributed by atoms with Crippen molar-refractivity contribution in [2.24, 2.45) is 11.0 Å². The van der Waals surface area contributed by atoms with Crippen LogP contribution in [0.3, 0.4) is 0 Å². The van der Waals surface area contributed by atoms with Crippen LogP contribution in [-0.2, 0) is 0 Å². The summed E-state index contributed by atoms with van der Waals surface area (Å²) >= 11 is 2.24. The van der Waals surface area contributed by atoms with Gasteiger partial charge in [-0.15, -0.1) is 0 Å². The molecule has 3 aromatic rings. The van der Waals surface area contributed by atoms with Crippen molar-refractivity contribution in [2.75, 3.05) is 30.0 Å². The number of hydrogen-bond donors (Lipinski definition) is 2. The zero-order valence-corrected chi connectivity index (χ0v) is 22.4. The molecule has 0 spiro atoms. The van der Waals surface area contributed by atoms with Crippen molar-refractivity contribution < 1.29 is 9.90 Å². The molecular weight excluding hydrogens is 555 g/mol. The van der Waals surface area contributed by atoms with E-state index in [2.05, 4.69) is 67.3 Å². The van der Waals surface area contributed by atoms with E-state index in [9.17, 15) is 9.90 Å². The molecule has 0 unspecified atom stereocenters. The average molecular weight is 586 g/mol. The molecule has 35 heavy (non-hydrogen) atoms. The number of carbonyl (C=O) groups is 1. The summed E-state index contributed by atoms with van der Waals surface area (Å²) in [5.41, 5.74) is 5.38. The van der Waals surface area contributed by atoms with Crippen molar-refractivity contribution in [1.82, 2.24) is 14.9 Å². The number of benzene rings is 1. The first-order valence-corrected chi connectivity index (χ1v) is 12.8. The van der Waals surface area contributed by atoms with Crippen molar-refractivity contribution in [3.8, 4) is 0 Å². The minimum atomic E-state index is -0.848. The lowest BCUT2D eigenvalue weighted by atomic mass is 9.93. The van der Waals surface area contributed by atoms with E-state index in [1.807, 2.05) is 39.0 Å². The monoisotopic (exact) mass is 586 g/mol. The lowest BCUT2D eigenvalue weighted by Crippen LogP contribution is -2.49. The van der Waals surface area contributed by atoms with Gasteiger partial charge in [0.25, 0.3) is 0 Å². The molecule has 8 nitrogen and oxygen atoms in total. The van der Waals surface area contributed by atoms with Crippen molar-refractivity contribution in [1.29, 1.82) is 0 Å². The molecule has 4 rings (SSSR count). The molecule has 1 amide bonds. The van der Waals surface area contributed by atoms with E-state index in [0.717, 1.165) is 51.8 Å². The van der Waals surface area contributed by atoms with E-state index < -0.39 is 11.6 Å². The van der Waals surface area contributed by atoms with E-state index in [-0.39, 0.29) is 0 Å². The Hall–Kier alpha value is -2.95. The molecule has 1 fully saturated rings. The Morgan fingerprint density at radius 2 is 2.03 bits per heavy atom. The number of pyridine rings is 2. The fourth-order valence-corrected chi connectivity index (χ4v) is 4.81. The van der Waals surface area contributed by atoms with Gasteiger partial charge in [0.15, 0.2) is 0 Å². The number of carboxylic acid groups (broad SMARTS) is 1. The predicted molar refractivity (Wildman–Crippen MR) is 149 cm³/mol. The molecule has 0 atom stereocenters. The number of nitrogens with one attached hydrogen (secondary N) is 1. The summed E-state index contributed by atoms with van der Waals surface area (Å²) in [4.78, 5) is 24.8. The number of nitrogens with zero attached hydrogens (tertiary/aromatic N) is 5. The van der Waals surface area contributed by atoms with Crippen LogP contribution in [0.4, 0.5) is 16.3 Å². The van der Waals surface area contributed by atoms with Gasteiger partial charge in [-0.2, -0.15) is 5.10 Å². The summed E-state index contributed by atoms with van der Waals surface area (Å²) in [6, 6.07) is 14.1. The Labute approximate surface area is 219 Å². The first-order chi connectivity index (χ1) is 16.7. The van der Waals surface area contributed by atoms with Gasteiger partial charge in [0, 0.05) is 40.3 Å². The maximum absolute atomic E-state index is 11.7. The first-order valence-electron chi connectivity index (χ1n) is 11.8. The summed E-state index contributed by atoms with van der Waals surface area (Å²) in [6.45, 7) is 8.17. The van der Waals surface area contributed by atoms with E-state index in [4.69, 9.17) is 4.98 Å². The van der Waals surface area contributed by atoms with Gasteiger partial charge < -0.3 is 14.9 Å². The minimum Gasteiger partial charge on any atom is -0.465 e. The Bertz CT molecular complexity index is 1220. The van der Waals surface area contributed by atoms with Gasteiger partial charge in [0.05, 0.1) is 23.1 Å². The van der Waals surface area contributed by atoms with Gasteiger partial charge in [-0.05, 0) is 86.4 Å². The number of hydrogen-bond acceptors (Lipinski definition) is 6. The quantitative estimate of drug-likeness (QED) is 0.220. The Morgan fingerprint density at radius 1 is 1.26 bits per heavy atom. The molecule has 0 bridgehead atoms. The molecule has 1 aliphatic rings. The summed E-state index contributed by atoms with van der Waals surface area (Å²) in [7, 11) is 0. The summed E-state index contributed by atoms with van der Waals surface area (Å²) in [5.74, 6) is 1.04. The maximum atomic E-state index is 11.7. The number of amides is 1. The van der Waals surface area contributed by atoms with Crippen LogP contribution in [0.5, 0.6) is 0 Å². The molecule has 3 heterocycles. The van der Waals surface area contributed by atoms with Gasteiger partial charge in [-0.25, -0.2) is 14.8 Å². The molecular formula is C26H31IN6O2. The lowest BCUT2D eigenvalue weighted by Gasteiger charge is -2.39. The van der Waals surface area contributed by atoms with E-state index >= 15 is 0 Å². The van der Waals surface area contributed by atoms with Gasteiger partial charge >= 0.3 is 6.09 Å². The highest BCUT2D eigenvalue weighted by Crippen LogP contribution is 2.30. The van der Waals surface area contributed by atoms with Gasteiger partial charge in [-0.1, -0.05) is 18.2 Å². The second-order valence-electron chi connectivity index (χ2n) is 9.81. The molecule has 2 aromatic heterocycles. The van der Waals surface area contributed by atoms with Gasteiger partial charge in [0.1, 0.15) is 5.82 Å². The predicted octanol–water partition coefficient (Wildman–Crippen LogP) is 5.68. The second-order valence-corrected chi connectivity index (χ2v) is 11.1. The molecule has 9 heteroatoms. The van der Waals surface area contributed by atoms with Crippen LogP contribution in [0.25, 0.3) is 10.9 Å². The summed E-state index contributed by atoms with van der Waals surface area (Å²) < 4.78 is 1.08.